The second kappa shape index (κ2) is 4.36. The normalized spacial score (nSPS) is 12.1. The van der Waals surface area contributed by atoms with E-state index in [2.05, 4.69) is 56.9 Å². The van der Waals surface area contributed by atoms with Gasteiger partial charge in [0.2, 0.25) is 5.89 Å². The highest BCUT2D eigenvalue weighted by molar-refractivity contribution is 5.53. The Morgan fingerprint density at radius 2 is 1.76 bits per heavy atom. The summed E-state index contributed by atoms with van der Waals surface area (Å²) in [5.41, 5.74) is 2.57. The van der Waals surface area contributed by atoms with Gasteiger partial charge in [-0.3, -0.25) is 0 Å². The number of hydrogen-bond acceptors (Lipinski definition) is 2. The Morgan fingerprint density at radius 3 is 2.24 bits per heavy atom. The van der Waals surface area contributed by atoms with E-state index in [-0.39, 0.29) is 5.41 Å². The summed E-state index contributed by atoms with van der Waals surface area (Å²) in [6.45, 7) is 9.06. The third kappa shape index (κ3) is 2.26. The molecule has 0 aliphatic rings. The van der Waals surface area contributed by atoms with Gasteiger partial charge < -0.3 is 4.42 Å². The van der Waals surface area contributed by atoms with Crippen LogP contribution in [0.25, 0.3) is 11.5 Å². The number of benzene rings is 1. The molecule has 90 valence electrons. The minimum Gasteiger partial charge on any atom is -0.445 e. The van der Waals surface area contributed by atoms with E-state index in [1.165, 1.54) is 5.56 Å². The Hall–Kier alpha value is -1.57. The van der Waals surface area contributed by atoms with E-state index in [0.29, 0.717) is 11.8 Å². The number of hydrogen-bond donors (Lipinski definition) is 0. The molecule has 0 N–H and O–H groups in total. The first-order chi connectivity index (χ1) is 8.01. The second-order valence-electron chi connectivity index (χ2n) is 5.29. The highest BCUT2D eigenvalue weighted by Gasteiger charge is 2.24. The highest BCUT2D eigenvalue weighted by Crippen LogP contribution is 2.32. The number of rotatable bonds is 3. The molecule has 0 unspecified atom stereocenters. The molecule has 1 aromatic heterocycles. The maximum absolute atomic E-state index is 5.28. The van der Waals surface area contributed by atoms with Crippen molar-refractivity contribution in [2.75, 3.05) is 0 Å². The summed E-state index contributed by atoms with van der Waals surface area (Å²) in [4.78, 5) is 4.15. The average molecular weight is 229 g/mol. The van der Waals surface area contributed by atoms with Gasteiger partial charge in [-0.05, 0) is 29.0 Å². The molecule has 0 saturated carbocycles. The standard InChI is InChI=1S/C15H19NO/c1-11(2)15(3,4)13-7-5-12(6-8-13)14-16-9-10-17-14/h5-11H,1-4H3. The summed E-state index contributed by atoms with van der Waals surface area (Å²) in [6, 6.07) is 8.48. The first kappa shape index (κ1) is 11.9. The van der Waals surface area contributed by atoms with Crippen LogP contribution in [-0.2, 0) is 5.41 Å². The molecular formula is C15H19NO. The Morgan fingerprint density at radius 1 is 1.12 bits per heavy atom. The van der Waals surface area contributed by atoms with E-state index in [9.17, 15) is 0 Å². The van der Waals surface area contributed by atoms with Crippen LogP contribution in [0.3, 0.4) is 0 Å². The van der Waals surface area contributed by atoms with Gasteiger partial charge in [0.1, 0.15) is 6.26 Å². The fraction of sp³-hybridized carbons (Fsp3) is 0.400. The molecule has 0 aliphatic heterocycles. The van der Waals surface area contributed by atoms with Crippen LogP contribution in [0.4, 0.5) is 0 Å². The van der Waals surface area contributed by atoms with Crippen molar-refractivity contribution in [3.05, 3.63) is 42.3 Å². The van der Waals surface area contributed by atoms with E-state index in [4.69, 9.17) is 4.42 Å². The van der Waals surface area contributed by atoms with Crippen molar-refractivity contribution in [2.24, 2.45) is 5.92 Å². The summed E-state index contributed by atoms with van der Waals surface area (Å²) in [5.74, 6) is 1.29. The van der Waals surface area contributed by atoms with Crippen molar-refractivity contribution in [2.45, 2.75) is 33.1 Å². The molecule has 1 heterocycles. The first-order valence-electron chi connectivity index (χ1n) is 6.02. The minimum atomic E-state index is 0.190. The summed E-state index contributed by atoms with van der Waals surface area (Å²) >= 11 is 0. The second-order valence-corrected chi connectivity index (χ2v) is 5.29. The predicted octanol–water partition coefficient (Wildman–Crippen LogP) is 4.28. The molecule has 0 spiro atoms. The quantitative estimate of drug-likeness (QED) is 0.785. The lowest BCUT2D eigenvalue weighted by Crippen LogP contribution is -2.24. The van der Waals surface area contributed by atoms with E-state index in [1.807, 2.05) is 0 Å². The number of aromatic nitrogens is 1. The smallest absolute Gasteiger partial charge is 0.225 e. The summed E-state index contributed by atoms with van der Waals surface area (Å²) < 4.78 is 5.28. The Kier molecular flexibility index (Phi) is 3.05. The van der Waals surface area contributed by atoms with Crippen molar-refractivity contribution < 1.29 is 4.42 Å². The van der Waals surface area contributed by atoms with Crippen molar-refractivity contribution >= 4 is 0 Å². The third-order valence-corrected chi connectivity index (χ3v) is 3.75. The fourth-order valence-electron chi connectivity index (χ4n) is 1.74. The predicted molar refractivity (Wildman–Crippen MR) is 69.8 cm³/mol. The Bertz CT molecular complexity index is 466. The van der Waals surface area contributed by atoms with E-state index >= 15 is 0 Å². The fourth-order valence-corrected chi connectivity index (χ4v) is 1.74. The highest BCUT2D eigenvalue weighted by atomic mass is 16.3. The largest absolute Gasteiger partial charge is 0.445 e. The molecule has 0 fully saturated rings. The van der Waals surface area contributed by atoms with Gasteiger partial charge in [0, 0.05) is 5.56 Å². The van der Waals surface area contributed by atoms with Crippen molar-refractivity contribution in [3.63, 3.8) is 0 Å². The van der Waals surface area contributed by atoms with Crippen LogP contribution in [0.2, 0.25) is 0 Å². The molecular weight excluding hydrogens is 210 g/mol. The molecule has 2 nitrogen and oxygen atoms in total. The van der Waals surface area contributed by atoms with Crippen molar-refractivity contribution in [1.29, 1.82) is 0 Å². The van der Waals surface area contributed by atoms with Gasteiger partial charge in [0.25, 0.3) is 0 Å². The topological polar surface area (TPSA) is 26.0 Å². The summed E-state index contributed by atoms with van der Waals surface area (Å²) in [7, 11) is 0. The maximum atomic E-state index is 5.28. The average Bonchev–Trinajstić information content (AvgIpc) is 2.82. The van der Waals surface area contributed by atoms with Gasteiger partial charge >= 0.3 is 0 Å². The lowest BCUT2D eigenvalue weighted by molar-refractivity contribution is 0.372. The Labute approximate surface area is 103 Å². The van der Waals surface area contributed by atoms with Crippen molar-refractivity contribution in [3.8, 4) is 11.5 Å². The maximum Gasteiger partial charge on any atom is 0.225 e. The van der Waals surface area contributed by atoms with Crippen LogP contribution < -0.4 is 0 Å². The van der Waals surface area contributed by atoms with Crippen LogP contribution in [0.5, 0.6) is 0 Å². The van der Waals surface area contributed by atoms with Crippen LogP contribution in [0.1, 0.15) is 33.3 Å². The number of nitrogens with zero attached hydrogens (tertiary/aromatic N) is 1. The lowest BCUT2D eigenvalue weighted by atomic mass is 9.75. The molecule has 0 bridgehead atoms. The van der Waals surface area contributed by atoms with Gasteiger partial charge in [0.05, 0.1) is 6.20 Å². The van der Waals surface area contributed by atoms with Crippen LogP contribution in [0, 0.1) is 5.92 Å². The molecule has 2 rings (SSSR count). The SMILES string of the molecule is CC(C)C(C)(C)c1ccc(-c2ncco2)cc1. The number of oxazole rings is 1. The molecule has 0 radical (unpaired) electrons. The van der Waals surface area contributed by atoms with E-state index < -0.39 is 0 Å². The molecule has 0 atom stereocenters. The lowest BCUT2D eigenvalue weighted by Gasteiger charge is -2.29. The van der Waals surface area contributed by atoms with Gasteiger partial charge in [-0.25, -0.2) is 4.98 Å². The van der Waals surface area contributed by atoms with Gasteiger partial charge in [-0.1, -0.05) is 39.8 Å². The zero-order chi connectivity index (χ0) is 12.5. The van der Waals surface area contributed by atoms with Crippen molar-refractivity contribution in [1.82, 2.24) is 4.98 Å². The Balaban J connectivity index is 2.31. The molecule has 0 amide bonds. The first-order valence-corrected chi connectivity index (χ1v) is 6.02. The molecule has 0 aliphatic carbocycles. The van der Waals surface area contributed by atoms with Gasteiger partial charge in [0.15, 0.2) is 0 Å². The molecule has 1 aromatic carbocycles. The molecule has 2 heteroatoms. The van der Waals surface area contributed by atoms with Gasteiger partial charge in [-0.15, -0.1) is 0 Å². The summed E-state index contributed by atoms with van der Waals surface area (Å²) in [6.07, 6.45) is 3.27. The molecule has 17 heavy (non-hydrogen) atoms. The van der Waals surface area contributed by atoms with Crippen LogP contribution >= 0.6 is 0 Å². The zero-order valence-electron chi connectivity index (χ0n) is 10.9. The molecule has 2 aromatic rings. The third-order valence-electron chi connectivity index (χ3n) is 3.75. The van der Waals surface area contributed by atoms with E-state index in [0.717, 1.165) is 5.56 Å². The van der Waals surface area contributed by atoms with E-state index in [1.54, 1.807) is 12.5 Å². The summed E-state index contributed by atoms with van der Waals surface area (Å²) in [5, 5.41) is 0. The zero-order valence-corrected chi connectivity index (χ0v) is 10.9. The van der Waals surface area contributed by atoms with Gasteiger partial charge in [-0.2, -0.15) is 0 Å². The monoisotopic (exact) mass is 229 g/mol. The van der Waals surface area contributed by atoms with Crippen LogP contribution in [0.15, 0.2) is 41.1 Å². The van der Waals surface area contributed by atoms with Crippen LogP contribution in [-0.4, -0.2) is 4.98 Å². The molecule has 0 saturated heterocycles. The minimum absolute atomic E-state index is 0.190.